The van der Waals surface area contributed by atoms with Gasteiger partial charge in [0, 0.05) is 61.5 Å². The summed E-state index contributed by atoms with van der Waals surface area (Å²) in [6.45, 7) is 7.99. The van der Waals surface area contributed by atoms with E-state index in [9.17, 15) is 5.11 Å². The molecule has 4 N–H and O–H groups in total. The zero-order chi connectivity index (χ0) is 25.1. The van der Waals surface area contributed by atoms with Gasteiger partial charge in [-0.15, -0.1) is 0 Å². The molecule has 11 heteroatoms. The molecule has 0 aliphatic carbocycles. The molecule has 1 aliphatic heterocycles. The Labute approximate surface area is 214 Å². The molecule has 4 aromatic rings. The van der Waals surface area contributed by atoms with Crippen molar-refractivity contribution < 1.29 is 9.84 Å². The average Bonchev–Trinajstić information content (AvgIpc) is 3.47. The summed E-state index contributed by atoms with van der Waals surface area (Å²) in [5.41, 5.74) is 2.84. The second-order valence-corrected chi connectivity index (χ2v) is 9.05. The summed E-state index contributed by atoms with van der Waals surface area (Å²) in [4.78, 5) is 17.0. The van der Waals surface area contributed by atoms with Crippen molar-refractivity contribution >= 4 is 46.0 Å². The molecule has 0 radical (unpaired) electrons. The summed E-state index contributed by atoms with van der Waals surface area (Å²) in [7, 11) is 0. The minimum atomic E-state index is 0.157. The second kappa shape index (κ2) is 10.6. The van der Waals surface area contributed by atoms with Crippen LogP contribution in [0.2, 0.25) is 5.02 Å². The number of piperazine rings is 1. The zero-order valence-electron chi connectivity index (χ0n) is 20.3. The smallest absolute Gasteiger partial charge is 0.325 e. The maximum absolute atomic E-state index is 9.25. The number of aliphatic hydroxyl groups is 1. The third-order valence-corrected chi connectivity index (χ3v) is 6.43. The van der Waals surface area contributed by atoms with Gasteiger partial charge < -0.3 is 25.0 Å². The summed E-state index contributed by atoms with van der Waals surface area (Å²) in [5, 5.41) is 21.2. The molecule has 0 spiro atoms. The highest BCUT2D eigenvalue weighted by molar-refractivity contribution is 6.37. The van der Waals surface area contributed by atoms with Crippen molar-refractivity contribution in [1.82, 2.24) is 30.0 Å². The summed E-state index contributed by atoms with van der Waals surface area (Å²) in [6.07, 6.45) is 3.87. The summed E-state index contributed by atoms with van der Waals surface area (Å²) in [5.74, 6) is 2.41. The maximum Gasteiger partial charge on any atom is 0.325 e. The number of H-pyrrole nitrogens is 2. The van der Waals surface area contributed by atoms with Gasteiger partial charge in [-0.3, -0.25) is 10.00 Å². The molecule has 3 aromatic heterocycles. The van der Waals surface area contributed by atoms with Gasteiger partial charge in [-0.1, -0.05) is 17.7 Å². The SMILES string of the molecule is C/C=C/c1cc(Nc2cc(N3CCN(CCO)CC3)nc(Oc3ccc4[nH]c(C)cc4c3Cl)n2)n[nH]1. The molecule has 0 atom stereocenters. The largest absolute Gasteiger partial charge is 0.423 e. The van der Waals surface area contributed by atoms with Gasteiger partial charge in [0.05, 0.1) is 17.3 Å². The summed E-state index contributed by atoms with van der Waals surface area (Å²) in [6, 6.07) is 9.70. The number of halogens is 1. The number of hydrogen-bond acceptors (Lipinski definition) is 8. The van der Waals surface area contributed by atoms with Crippen LogP contribution in [0.1, 0.15) is 18.3 Å². The van der Waals surface area contributed by atoms with E-state index in [1.807, 2.05) is 56.3 Å². The first kappa shape index (κ1) is 24.1. The maximum atomic E-state index is 9.25. The number of benzene rings is 1. The van der Waals surface area contributed by atoms with Crippen LogP contribution < -0.4 is 15.0 Å². The summed E-state index contributed by atoms with van der Waals surface area (Å²) < 4.78 is 6.12. The van der Waals surface area contributed by atoms with Crippen molar-refractivity contribution in [3.8, 4) is 11.8 Å². The highest BCUT2D eigenvalue weighted by atomic mass is 35.5. The second-order valence-electron chi connectivity index (χ2n) is 8.67. The fourth-order valence-electron chi connectivity index (χ4n) is 4.29. The Balaban J connectivity index is 1.45. The Hall–Kier alpha value is -3.60. The number of aryl methyl sites for hydroxylation is 1. The monoisotopic (exact) mass is 508 g/mol. The predicted molar refractivity (Wildman–Crippen MR) is 142 cm³/mol. The van der Waals surface area contributed by atoms with E-state index in [-0.39, 0.29) is 12.6 Å². The molecular weight excluding hydrogens is 480 g/mol. The lowest BCUT2D eigenvalue weighted by atomic mass is 10.2. The molecule has 1 fully saturated rings. The van der Waals surface area contributed by atoms with E-state index in [1.54, 1.807) is 0 Å². The number of allylic oxidation sites excluding steroid dienone is 1. The number of rotatable bonds is 8. The molecule has 5 rings (SSSR count). The number of β-amino-alcohol motifs (C(OH)–C–C–N with tert-alkyl or cyclic N) is 1. The average molecular weight is 509 g/mol. The molecule has 4 heterocycles. The molecule has 36 heavy (non-hydrogen) atoms. The number of nitrogens with zero attached hydrogens (tertiary/aromatic N) is 5. The first-order valence-electron chi connectivity index (χ1n) is 11.9. The Kier molecular flexibility index (Phi) is 7.08. The number of fused-ring (bicyclic) bond motifs is 1. The first-order valence-corrected chi connectivity index (χ1v) is 12.3. The number of anilines is 3. The van der Waals surface area contributed by atoms with Crippen LogP contribution in [0.15, 0.2) is 36.4 Å². The Morgan fingerprint density at radius 2 is 1.97 bits per heavy atom. The highest BCUT2D eigenvalue weighted by Crippen LogP contribution is 2.36. The van der Waals surface area contributed by atoms with Gasteiger partial charge in [0.2, 0.25) is 0 Å². The number of aliphatic hydroxyl groups excluding tert-OH is 1. The lowest BCUT2D eigenvalue weighted by Crippen LogP contribution is -2.47. The van der Waals surface area contributed by atoms with Crippen molar-refractivity contribution in [3.63, 3.8) is 0 Å². The van der Waals surface area contributed by atoms with Crippen molar-refractivity contribution in [3.05, 3.63) is 52.8 Å². The van der Waals surface area contributed by atoms with Crippen LogP contribution in [0, 0.1) is 6.92 Å². The van der Waals surface area contributed by atoms with E-state index < -0.39 is 0 Å². The van der Waals surface area contributed by atoms with Gasteiger partial charge in [0.15, 0.2) is 5.82 Å². The minimum Gasteiger partial charge on any atom is -0.423 e. The zero-order valence-corrected chi connectivity index (χ0v) is 21.0. The number of nitrogens with one attached hydrogen (secondary N) is 3. The summed E-state index contributed by atoms with van der Waals surface area (Å²) >= 11 is 6.67. The Morgan fingerprint density at radius 1 is 1.14 bits per heavy atom. The fraction of sp³-hybridized carbons (Fsp3) is 0.320. The number of aromatic nitrogens is 5. The molecule has 1 aromatic carbocycles. The van der Waals surface area contributed by atoms with E-state index in [0.29, 0.717) is 29.0 Å². The molecule has 1 saturated heterocycles. The number of ether oxygens (including phenoxy) is 1. The highest BCUT2D eigenvalue weighted by Gasteiger charge is 2.20. The Morgan fingerprint density at radius 3 is 2.75 bits per heavy atom. The van der Waals surface area contributed by atoms with E-state index in [2.05, 4.69) is 35.3 Å². The van der Waals surface area contributed by atoms with E-state index in [1.165, 1.54) is 0 Å². The third-order valence-electron chi connectivity index (χ3n) is 6.04. The van der Waals surface area contributed by atoms with Crippen molar-refractivity contribution in [2.24, 2.45) is 0 Å². The van der Waals surface area contributed by atoms with Crippen LogP contribution in [0.5, 0.6) is 11.8 Å². The van der Waals surface area contributed by atoms with Crippen LogP contribution in [-0.4, -0.2) is 74.5 Å². The normalized spacial score (nSPS) is 14.7. The van der Waals surface area contributed by atoms with Crippen LogP contribution in [-0.2, 0) is 0 Å². The minimum absolute atomic E-state index is 0.157. The molecule has 10 nitrogen and oxygen atoms in total. The lowest BCUT2D eigenvalue weighted by Gasteiger charge is -2.35. The third kappa shape index (κ3) is 5.30. The van der Waals surface area contributed by atoms with Gasteiger partial charge in [0.25, 0.3) is 0 Å². The molecule has 0 bridgehead atoms. The van der Waals surface area contributed by atoms with E-state index in [4.69, 9.17) is 21.3 Å². The number of hydrogen-bond donors (Lipinski definition) is 4. The number of aromatic amines is 2. The molecule has 0 saturated carbocycles. The van der Waals surface area contributed by atoms with Crippen LogP contribution >= 0.6 is 11.6 Å². The molecule has 188 valence electrons. The predicted octanol–water partition coefficient (Wildman–Crippen LogP) is 4.33. The van der Waals surface area contributed by atoms with Gasteiger partial charge in [0.1, 0.15) is 17.4 Å². The first-order chi connectivity index (χ1) is 17.5. The van der Waals surface area contributed by atoms with E-state index >= 15 is 0 Å². The van der Waals surface area contributed by atoms with Crippen molar-refractivity contribution in [2.45, 2.75) is 13.8 Å². The molecule has 0 amide bonds. The van der Waals surface area contributed by atoms with Gasteiger partial charge in [-0.05, 0) is 38.1 Å². The lowest BCUT2D eigenvalue weighted by molar-refractivity contribution is 0.188. The Bertz CT molecular complexity index is 1370. The fourth-order valence-corrected chi connectivity index (χ4v) is 4.55. The quantitative estimate of drug-likeness (QED) is 0.278. The van der Waals surface area contributed by atoms with Gasteiger partial charge in [-0.25, -0.2) is 0 Å². The molecule has 0 unspecified atom stereocenters. The van der Waals surface area contributed by atoms with Crippen molar-refractivity contribution in [2.75, 3.05) is 49.5 Å². The van der Waals surface area contributed by atoms with Gasteiger partial charge >= 0.3 is 6.01 Å². The van der Waals surface area contributed by atoms with Gasteiger partial charge in [-0.2, -0.15) is 15.1 Å². The van der Waals surface area contributed by atoms with E-state index in [0.717, 1.165) is 54.3 Å². The topological polar surface area (TPSA) is 118 Å². The standard InChI is InChI=1S/C25H29ClN8O2/c1-3-4-17-14-22(32-31-17)28-21-15-23(34-9-7-33(8-10-34)11-12-35)30-25(29-21)36-20-6-5-19-18(24(20)26)13-16(2)27-19/h3-6,13-15,27,35H,7-12H2,1-2H3,(H2,28,29,30,31,32)/b4-3+. The van der Waals surface area contributed by atoms with Crippen molar-refractivity contribution in [1.29, 1.82) is 0 Å². The van der Waals surface area contributed by atoms with Crippen LogP contribution in [0.4, 0.5) is 17.5 Å². The van der Waals surface area contributed by atoms with Crippen LogP contribution in [0.3, 0.4) is 0 Å². The molecular formula is C25H29ClN8O2. The van der Waals surface area contributed by atoms with Crippen LogP contribution in [0.25, 0.3) is 17.0 Å². The molecule has 1 aliphatic rings.